The largest absolute Gasteiger partial charge is 0.426 e. The van der Waals surface area contributed by atoms with E-state index in [4.69, 9.17) is 14.2 Å². The smallest absolute Gasteiger partial charge is 0.316 e. The third kappa shape index (κ3) is 4.37. The van der Waals surface area contributed by atoms with Crippen LogP contribution < -0.4 is 0 Å². The van der Waals surface area contributed by atoms with Gasteiger partial charge < -0.3 is 14.2 Å². The number of benzene rings is 1. The second-order valence-corrected chi connectivity index (χ2v) is 11.1. The molecular formula is C24H28O4S2. The van der Waals surface area contributed by atoms with Crippen LogP contribution in [0.4, 0.5) is 0 Å². The number of carbonyl (C=O) groups excluding carboxylic acids is 1. The van der Waals surface area contributed by atoms with Crippen LogP contribution in [0, 0.1) is 5.41 Å². The van der Waals surface area contributed by atoms with Crippen molar-refractivity contribution >= 4 is 34.8 Å². The van der Waals surface area contributed by atoms with Gasteiger partial charge in [-0.25, -0.2) is 0 Å². The molecule has 1 aromatic heterocycles. The minimum absolute atomic E-state index is 0.202. The minimum Gasteiger partial charge on any atom is -0.426 e. The van der Waals surface area contributed by atoms with Gasteiger partial charge in [-0.3, -0.25) is 4.79 Å². The highest BCUT2D eigenvalue weighted by atomic mass is 32.2. The van der Waals surface area contributed by atoms with E-state index in [2.05, 4.69) is 29.6 Å². The Bertz CT molecular complexity index is 962. The number of hydrogen-bond donors (Lipinski definition) is 0. The summed E-state index contributed by atoms with van der Waals surface area (Å²) in [5.74, 6) is 0.479. The molecule has 2 heterocycles. The average Bonchev–Trinajstić information content (AvgIpc) is 3.35. The van der Waals surface area contributed by atoms with E-state index in [1.54, 1.807) is 30.2 Å². The zero-order valence-electron chi connectivity index (χ0n) is 17.9. The molecule has 0 spiro atoms. The molecule has 30 heavy (non-hydrogen) atoms. The van der Waals surface area contributed by atoms with Crippen LogP contribution in [0.15, 0.2) is 44.8 Å². The Kier molecular flexibility index (Phi) is 6.13. The normalized spacial score (nSPS) is 18.1. The number of thiophene rings is 1. The molecule has 4 nitrogen and oxygen atoms in total. The Morgan fingerprint density at radius 2 is 1.97 bits per heavy atom. The highest BCUT2D eigenvalue weighted by Gasteiger charge is 2.35. The lowest BCUT2D eigenvalue weighted by Gasteiger charge is -2.35. The van der Waals surface area contributed by atoms with E-state index in [1.165, 1.54) is 20.2 Å². The van der Waals surface area contributed by atoms with Gasteiger partial charge in [0.2, 0.25) is 0 Å². The maximum absolute atomic E-state index is 12.2. The first-order valence-corrected chi connectivity index (χ1v) is 12.0. The van der Waals surface area contributed by atoms with E-state index in [0.29, 0.717) is 5.76 Å². The lowest BCUT2D eigenvalue weighted by molar-refractivity contribution is -0.145. The molecule has 0 amide bonds. The van der Waals surface area contributed by atoms with E-state index >= 15 is 0 Å². The van der Waals surface area contributed by atoms with Gasteiger partial charge in [0.15, 0.2) is 0 Å². The Morgan fingerprint density at radius 1 is 1.20 bits per heavy atom. The van der Waals surface area contributed by atoms with Crippen LogP contribution in [0.1, 0.15) is 50.3 Å². The molecule has 1 aliphatic carbocycles. The summed E-state index contributed by atoms with van der Waals surface area (Å²) in [6.45, 7) is 7.09. The van der Waals surface area contributed by atoms with Crippen LogP contribution >= 0.6 is 23.1 Å². The molecular weight excluding hydrogens is 416 g/mol. The SMILES string of the molecule is COC1(c2csc(Sc3ccc4c(c3)CC=C4OC(=O)C(C)(C)C)c2)CCOCC1. The van der Waals surface area contributed by atoms with E-state index in [-0.39, 0.29) is 11.6 Å². The summed E-state index contributed by atoms with van der Waals surface area (Å²) in [6.07, 6.45) is 4.58. The molecule has 6 heteroatoms. The van der Waals surface area contributed by atoms with Crippen LogP contribution in [-0.4, -0.2) is 26.3 Å². The summed E-state index contributed by atoms with van der Waals surface area (Å²) in [6, 6.07) is 8.63. The van der Waals surface area contributed by atoms with Crippen LogP contribution in [0.2, 0.25) is 0 Å². The zero-order valence-corrected chi connectivity index (χ0v) is 19.6. The topological polar surface area (TPSA) is 44.8 Å². The van der Waals surface area contributed by atoms with Gasteiger partial charge in [-0.1, -0.05) is 11.8 Å². The summed E-state index contributed by atoms with van der Waals surface area (Å²) in [7, 11) is 1.80. The molecule has 0 radical (unpaired) electrons. The molecule has 4 rings (SSSR count). The van der Waals surface area contributed by atoms with Crippen molar-refractivity contribution in [3.8, 4) is 0 Å². The third-order valence-corrected chi connectivity index (χ3v) is 7.75. The van der Waals surface area contributed by atoms with Gasteiger partial charge in [0.25, 0.3) is 0 Å². The van der Waals surface area contributed by atoms with E-state index in [0.717, 1.165) is 38.0 Å². The van der Waals surface area contributed by atoms with Gasteiger partial charge in [-0.15, -0.1) is 11.3 Å². The van der Waals surface area contributed by atoms with E-state index in [9.17, 15) is 4.79 Å². The third-order valence-electron chi connectivity index (χ3n) is 5.68. The van der Waals surface area contributed by atoms with E-state index < -0.39 is 5.41 Å². The second-order valence-electron chi connectivity index (χ2n) is 8.80. The first kappa shape index (κ1) is 21.6. The van der Waals surface area contributed by atoms with Gasteiger partial charge in [-0.05, 0) is 74.0 Å². The van der Waals surface area contributed by atoms with Crippen LogP contribution in [0.3, 0.4) is 0 Å². The van der Waals surface area contributed by atoms with E-state index in [1.807, 2.05) is 26.8 Å². The molecule has 2 aromatic rings. The predicted molar refractivity (Wildman–Crippen MR) is 121 cm³/mol. The minimum atomic E-state index is -0.514. The molecule has 160 valence electrons. The predicted octanol–water partition coefficient (Wildman–Crippen LogP) is 6.04. The van der Waals surface area contributed by atoms with Crippen molar-refractivity contribution in [2.45, 2.75) is 54.7 Å². The summed E-state index contributed by atoms with van der Waals surface area (Å²) < 4.78 is 18.3. The van der Waals surface area contributed by atoms with Crippen molar-refractivity contribution in [1.29, 1.82) is 0 Å². The number of carbonyl (C=O) groups is 1. The number of esters is 1. The first-order chi connectivity index (χ1) is 14.3. The van der Waals surface area contributed by atoms with Crippen molar-refractivity contribution in [3.05, 3.63) is 52.4 Å². The quantitative estimate of drug-likeness (QED) is 0.526. The van der Waals surface area contributed by atoms with Gasteiger partial charge in [0.1, 0.15) is 5.76 Å². The summed E-state index contributed by atoms with van der Waals surface area (Å²) in [5, 5.41) is 2.22. The van der Waals surface area contributed by atoms with Gasteiger partial charge in [0.05, 0.1) is 15.2 Å². The molecule has 2 aliphatic rings. The summed E-state index contributed by atoms with van der Waals surface area (Å²) in [5.41, 5.74) is 2.73. The molecule has 1 fully saturated rings. The summed E-state index contributed by atoms with van der Waals surface area (Å²) in [4.78, 5) is 13.4. The number of ether oxygens (including phenoxy) is 3. The maximum atomic E-state index is 12.2. The molecule has 0 bridgehead atoms. The number of rotatable bonds is 5. The lowest BCUT2D eigenvalue weighted by Crippen LogP contribution is -2.35. The van der Waals surface area contributed by atoms with Gasteiger partial charge >= 0.3 is 5.97 Å². The number of hydrogen-bond acceptors (Lipinski definition) is 6. The molecule has 0 atom stereocenters. The average molecular weight is 445 g/mol. The van der Waals surface area contributed by atoms with Crippen LogP contribution in [0.5, 0.6) is 0 Å². The Balaban J connectivity index is 1.46. The monoisotopic (exact) mass is 444 g/mol. The molecule has 0 saturated carbocycles. The van der Waals surface area contributed by atoms with Crippen molar-refractivity contribution in [2.24, 2.45) is 5.41 Å². The molecule has 0 unspecified atom stereocenters. The van der Waals surface area contributed by atoms with Crippen LogP contribution in [-0.2, 0) is 31.0 Å². The fraction of sp³-hybridized carbons (Fsp3) is 0.458. The molecule has 1 saturated heterocycles. The Labute approximate surface area is 186 Å². The highest BCUT2D eigenvalue weighted by Crippen LogP contribution is 2.42. The summed E-state index contributed by atoms with van der Waals surface area (Å²) >= 11 is 3.52. The second kappa shape index (κ2) is 8.50. The molecule has 1 aliphatic heterocycles. The zero-order chi connectivity index (χ0) is 21.4. The van der Waals surface area contributed by atoms with Crippen molar-refractivity contribution < 1.29 is 19.0 Å². The standard InChI is InChI=1S/C24H28O4S2/c1-23(2,3)22(25)28-20-8-5-16-13-18(6-7-19(16)20)30-21-14-17(15-29-21)24(26-4)9-11-27-12-10-24/h6-8,13-15H,5,9-12H2,1-4H3. The van der Waals surface area contributed by atoms with Crippen LogP contribution in [0.25, 0.3) is 5.76 Å². The molecule has 1 aromatic carbocycles. The first-order valence-electron chi connectivity index (χ1n) is 10.3. The number of fused-ring (bicyclic) bond motifs is 1. The van der Waals surface area contributed by atoms with Crippen molar-refractivity contribution in [3.63, 3.8) is 0 Å². The van der Waals surface area contributed by atoms with Gasteiger partial charge in [-0.2, -0.15) is 0 Å². The van der Waals surface area contributed by atoms with Crippen molar-refractivity contribution in [1.82, 2.24) is 0 Å². The Hall–Kier alpha value is -1.60. The lowest BCUT2D eigenvalue weighted by atomic mass is 9.88. The fourth-order valence-electron chi connectivity index (χ4n) is 3.74. The van der Waals surface area contributed by atoms with Gasteiger partial charge in [0, 0.05) is 43.6 Å². The van der Waals surface area contributed by atoms with Crippen molar-refractivity contribution in [2.75, 3.05) is 20.3 Å². The maximum Gasteiger partial charge on any atom is 0.316 e. The molecule has 0 N–H and O–H groups in total. The Morgan fingerprint density at radius 3 is 2.67 bits per heavy atom. The highest BCUT2D eigenvalue weighted by molar-refractivity contribution is 8.01. The number of allylic oxidation sites excluding steroid dienone is 1. The fourth-order valence-corrected chi connectivity index (χ4v) is 5.84. The number of methoxy groups -OCH3 is 1.